The van der Waals surface area contributed by atoms with Gasteiger partial charge in [-0.05, 0) is 53.6 Å². The minimum absolute atomic E-state index is 0. The number of ketones is 2. The van der Waals surface area contributed by atoms with Crippen molar-refractivity contribution < 1.29 is 61.6 Å². The number of nitrogens with two attached hydrogens (primary N) is 1. The highest BCUT2D eigenvalue weighted by Crippen LogP contribution is 2.17. The number of carbonyl (C=O) groups excluding carboxylic acids is 6. The van der Waals surface area contributed by atoms with Crippen molar-refractivity contribution in [2.24, 2.45) is 17.6 Å². The van der Waals surface area contributed by atoms with E-state index in [2.05, 4.69) is 16.1 Å². The second-order valence-corrected chi connectivity index (χ2v) is 14.6. The topological polar surface area (TPSA) is 321 Å². The number of benzene rings is 3. The van der Waals surface area contributed by atoms with Crippen LogP contribution in [0, 0.1) is 11.8 Å². The zero-order valence-electron chi connectivity index (χ0n) is 30.9. The van der Waals surface area contributed by atoms with Crippen LogP contribution in [0.3, 0.4) is 0 Å². The summed E-state index contributed by atoms with van der Waals surface area (Å²) in [7, 11) is -4.32. The first-order valence-corrected chi connectivity index (χ1v) is 18.9. The van der Waals surface area contributed by atoms with Gasteiger partial charge in [0.25, 0.3) is 10.1 Å². The van der Waals surface area contributed by atoms with Gasteiger partial charge in [0.05, 0.1) is 19.0 Å². The number of hydrogen-bond acceptors (Lipinski definition) is 13. The van der Waals surface area contributed by atoms with Crippen molar-refractivity contribution in [3.05, 3.63) is 101 Å². The summed E-state index contributed by atoms with van der Waals surface area (Å²) in [4.78, 5) is 92.9. The third-order valence-electron chi connectivity index (χ3n) is 8.41. The fourth-order valence-electron chi connectivity index (χ4n) is 5.62. The number of carboxylic acids is 1. The Morgan fingerprint density at radius 3 is 1.91 bits per heavy atom. The van der Waals surface area contributed by atoms with Crippen molar-refractivity contribution in [3.8, 4) is 5.75 Å². The number of primary amides is 1. The number of rotatable bonds is 25. The van der Waals surface area contributed by atoms with Crippen LogP contribution in [0.1, 0.15) is 41.5 Å². The highest BCUT2D eigenvalue weighted by Gasteiger charge is 2.30. The summed E-state index contributed by atoms with van der Waals surface area (Å²) in [6.07, 6.45) is -0.635. The Hall–Kier alpha value is -5.86. The van der Waals surface area contributed by atoms with Crippen molar-refractivity contribution in [2.75, 3.05) is 13.2 Å². The molecule has 3 aromatic carbocycles. The van der Waals surface area contributed by atoms with Gasteiger partial charge in [-0.1, -0.05) is 66.7 Å². The lowest BCUT2D eigenvalue weighted by molar-refractivity contribution is -0.141. The molecule has 19 heteroatoms. The molecular weight excluding hydrogens is 767 g/mol. The smallest absolute Gasteiger partial charge is 0.305 e. The van der Waals surface area contributed by atoms with E-state index in [0.717, 1.165) is 5.56 Å². The van der Waals surface area contributed by atoms with Crippen LogP contribution in [0.25, 0.3) is 0 Å². The fourth-order valence-corrected chi connectivity index (χ4v) is 6.24. The Labute approximate surface area is 328 Å². The molecule has 0 bridgehead atoms. The van der Waals surface area contributed by atoms with Crippen LogP contribution in [0.2, 0.25) is 0 Å². The van der Waals surface area contributed by atoms with Crippen LogP contribution >= 0.6 is 0 Å². The maximum Gasteiger partial charge on any atom is 0.305 e. The monoisotopic (exact) mass is 813 g/mol. The number of phenols is 1. The van der Waals surface area contributed by atoms with Crippen LogP contribution in [0.4, 0.5) is 0 Å². The summed E-state index contributed by atoms with van der Waals surface area (Å²) in [5.74, 6) is -7.51. The van der Waals surface area contributed by atoms with Gasteiger partial charge in [0.15, 0.2) is 11.6 Å². The SMILES string of the molecule is N.NC(=O)[C@@H](CC(=O)CONCC(=O)N[C@@H](CC(=O)O)C(=O)N[C@@H](Cc1ccc(CS(=O)(=O)O)cc1)C(=O)C[C@H](C=O)Cc1ccccc1)Cc1ccc(O)cc1. The second kappa shape index (κ2) is 23.3. The Bertz CT molecular complexity index is 1940. The van der Waals surface area contributed by atoms with E-state index in [0.29, 0.717) is 17.4 Å². The fraction of sp³-hybridized carbons (Fsp3) is 0.342. The number of carbonyl (C=O) groups is 7. The number of nitrogens with one attached hydrogen (secondary N) is 3. The summed E-state index contributed by atoms with van der Waals surface area (Å²) in [6, 6.07) is 17.7. The first-order chi connectivity index (χ1) is 26.5. The number of amides is 3. The molecule has 3 amide bonds. The van der Waals surface area contributed by atoms with Gasteiger partial charge in [-0.25, -0.2) is 0 Å². The summed E-state index contributed by atoms with van der Waals surface area (Å²) >= 11 is 0. The molecule has 3 rings (SSSR count). The minimum atomic E-state index is -4.32. The van der Waals surface area contributed by atoms with E-state index in [9.17, 15) is 52.2 Å². The average molecular weight is 814 g/mol. The van der Waals surface area contributed by atoms with Crippen LogP contribution < -0.4 is 28.0 Å². The lowest BCUT2D eigenvalue weighted by atomic mass is 9.91. The summed E-state index contributed by atoms with van der Waals surface area (Å²) in [5, 5.41) is 23.7. The Morgan fingerprint density at radius 2 is 1.33 bits per heavy atom. The lowest BCUT2D eigenvalue weighted by Gasteiger charge is -2.23. The molecule has 0 fully saturated rings. The third-order valence-corrected chi connectivity index (χ3v) is 9.10. The standard InChI is InChI=1S/C38H44N4O13S.H3N/c39-37(50)29(15-25-10-12-30(44)13-11-25)18-31(45)22-55-40-20-35(47)41-33(19-36(48)49)38(51)42-32(16-26-6-8-27(9-7-26)23-56(52,53)54)34(46)17-28(21-43)14-24-4-2-1-3-5-24;/h1-13,21,28-29,32-33,40,44H,14-20,22-23H2,(H2,39,50)(H,41,47)(H,42,51)(H,48,49)(H,52,53,54);1H3/t28-,29-,32+,33+;/m1./s1. The van der Waals surface area contributed by atoms with Gasteiger partial charge in [0.1, 0.15) is 30.4 Å². The first-order valence-electron chi connectivity index (χ1n) is 17.3. The van der Waals surface area contributed by atoms with Crippen LogP contribution in [-0.4, -0.2) is 90.0 Å². The molecule has 0 aromatic heterocycles. The van der Waals surface area contributed by atoms with E-state index < -0.39 is 94.6 Å². The van der Waals surface area contributed by atoms with Gasteiger partial charge < -0.3 is 37.5 Å². The van der Waals surface area contributed by atoms with Crippen molar-refractivity contribution in [1.82, 2.24) is 22.3 Å². The number of aromatic hydroxyl groups is 1. The number of carboxylic acid groups (broad SMARTS) is 1. The molecule has 57 heavy (non-hydrogen) atoms. The number of hydroxylamine groups is 1. The molecule has 0 aliphatic rings. The molecule has 0 saturated carbocycles. The predicted octanol–water partition coefficient (Wildman–Crippen LogP) is 0.770. The average Bonchev–Trinajstić information content (AvgIpc) is 3.13. The number of Topliss-reactive ketones (excluding diaryl/α,β-unsaturated/α-hetero) is 2. The molecule has 0 radical (unpaired) electrons. The summed E-state index contributed by atoms with van der Waals surface area (Å²) in [6.45, 7) is -1.21. The molecule has 11 N–H and O–H groups in total. The molecule has 0 aliphatic heterocycles. The van der Waals surface area contributed by atoms with Gasteiger partial charge in [0, 0.05) is 24.7 Å². The third kappa shape index (κ3) is 18.1. The quantitative estimate of drug-likeness (QED) is 0.0254. The minimum Gasteiger partial charge on any atom is -0.508 e. The first kappa shape index (κ1) is 47.3. The molecule has 0 saturated heterocycles. The van der Waals surface area contributed by atoms with E-state index in [1.807, 2.05) is 0 Å². The van der Waals surface area contributed by atoms with Gasteiger partial charge in [-0.3, -0.25) is 38.2 Å². The Morgan fingerprint density at radius 1 is 0.754 bits per heavy atom. The molecular formula is C38H47N5O13S. The normalized spacial score (nSPS) is 13.1. The highest BCUT2D eigenvalue weighted by atomic mass is 32.2. The number of phenolic OH excluding ortho intramolecular Hbond substituents is 1. The van der Waals surface area contributed by atoms with Crippen LogP contribution in [0.5, 0.6) is 5.75 Å². The maximum absolute atomic E-state index is 13.6. The van der Waals surface area contributed by atoms with Crippen molar-refractivity contribution in [1.29, 1.82) is 0 Å². The summed E-state index contributed by atoms with van der Waals surface area (Å²) < 4.78 is 31.7. The molecule has 0 aliphatic carbocycles. The van der Waals surface area contributed by atoms with Crippen molar-refractivity contribution in [3.63, 3.8) is 0 Å². The molecule has 18 nitrogen and oxygen atoms in total. The molecule has 308 valence electrons. The molecule has 4 atom stereocenters. The maximum atomic E-state index is 13.6. The van der Waals surface area contributed by atoms with Gasteiger partial charge in [0.2, 0.25) is 17.7 Å². The van der Waals surface area contributed by atoms with Gasteiger partial charge in [-0.15, -0.1) is 0 Å². The molecule has 3 aromatic rings. The molecule has 0 spiro atoms. The zero-order chi connectivity index (χ0) is 41.3. The number of aldehydes is 1. The van der Waals surface area contributed by atoms with Gasteiger partial charge >= 0.3 is 5.97 Å². The number of aliphatic carboxylic acids is 1. The zero-order valence-corrected chi connectivity index (χ0v) is 31.7. The van der Waals surface area contributed by atoms with E-state index in [1.54, 1.807) is 42.5 Å². The Kier molecular flexibility index (Phi) is 19.3. The molecule has 0 heterocycles. The van der Waals surface area contributed by atoms with Crippen molar-refractivity contribution >= 4 is 51.7 Å². The predicted molar refractivity (Wildman–Crippen MR) is 204 cm³/mol. The van der Waals surface area contributed by atoms with Crippen LogP contribution in [-0.2, 0) is 73.5 Å². The van der Waals surface area contributed by atoms with Gasteiger partial charge in [-0.2, -0.15) is 13.9 Å². The highest BCUT2D eigenvalue weighted by molar-refractivity contribution is 7.85. The van der Waals surface area contributed by atoms with E-state index in [4.69, 9.17) is 15.1 Å². The van der Waals surface area contributed by atoms with E-state index in [-0.39, 0.29) is 49.6 Å². The van der Waals surface area contributed by atoms with Crippen molar-refractivity contribution in [2.45, 2.75) is 56.4 Å². The largest absolute Gasteiger partial charge is 0.508 e. The van der Waals surface area contributed by atoms with E-state index in [1.165, 1.54) is 36.4 Å². The second-order valence-electron chi connectivity index (χ2n) is 13.1. The lowest BCUT2D eigenvalue weighted by Crippen LogP contribution is -2.54. The summed E-state index contributed by atoms with van der Waals surface area (Å²) in [5.41, 5.74) is 9.83. The van der Waals surface area contributed by atoms with Crippen LogP contribution in [0.15, 0.2) is 78.9 Å². The van der Waals surface area contributed by atoms with E-state index >= 15 is 0 Å². The number of hydrogen-bond donors (Lipinski definition) is 8. The molecule has 0 unspecified atom stereocenters. The Balaban J connectivity index is 0.0000112.